The number of nitrogens with zero attached hydrogens (tertiary/aromatic N) is 3. The Bertz CT molecular complexity index is 757. The van der Waals surface area contributed by atoms with Gasteiger partial charge in [0.15, 0.2) is 0 Å². The molecule has 1 aromatic carbocycles. The standard InChI is InChI=1S/C27H47N3O4/c1-8-14-29(7)18-26-20(2)17-30(21(3)19-31)27(32)24-16-23(28(5)6)12-13-25(24)34-22(4)11-9-10-15-33-26/h12-13,16,20-22,26,31H,8-11,14-15,17-19H2,1-7H3/t20-,21-,22+,26-/m0/s1. The second-order valence-corrected chi connectivity index (χ2v) is 10.1. The number of carbonyl (C=O) groups is 1. The minimum Gasteiger partial charge on any atom is -0.490 e. The number of benzene rings is 1. The molecule has 0 aromatic heterocycles. The summed E-state index contributed by atoms with van der Waals surface area (Å²) in [5.41, 5.74) is 1.49. The van der Waals surface area contributed by atoms with Gasteiger partial charge in [-0.3, -0.25) is 4.79 Å². The zero-order valence-electron chi connectivity index (χ0n) is 22.4. The van der Waals surface area contributed by atoms with Gasteiger partial charge >= 0.3 is 0 Å². The van der Waals surface area contributed by atoms with Crippen LogP contribution in [0.3, 0.4) is 0 Å². The van der Waals surface area contributed by atoms with E-state index in [4.69, 9.17) is 9.47 Å². The van der Waals surface area contributed by atoms with E-state index in [1.807, 2.05) is 44.1 Å². The lowest BCUT2D eigenvalue weighted by Gasteiger charge is -2.36. The number of amides is 1. The second kappa shape index (κ2) is 13.9. The molecule has 0 saturated carbocycles. The average molecular weight is 478 g/mol. The molecule has 0 fully saturated rings. The topological polar surface area (TPSA) is 65.5 Å². The zero-order valence-corrected chi connectivity index (χ0v) is 22.4. The van der Waals surface area contributed by atoms with Gasteiger partial charge < -0.3 is 29.3 Å². The Hall–Kier alpha value is -1.83. The molecular formula is C27H47N3O4. The molecule has 1 N–H and O–H groups in total. The largest absolute Gasteiger partial charge is 0.490 e. The molecule has 1 amide bonds. The predicted molar refractivity (Wildman–Crippen MR) is 139 cm³/mol. The third-order valence-electron chi connectivity index (χ3n) is 6.65. The highest BCUT2D eigenvalue weighted by Crippen LogP contribution is 2.29. The number of carbonyl (C=O) groups excluding carboxylic acids is 1. The fourth-order valence-electron chi connectivity index (χ4n) is 4.43. The number of hydrogen-bond donors (Lipinski definition) is 1. The number of hydrogen-bond acceptors (Lipinski definition) is 6. The summed E-state index contributed by atoms with van der Waals surface area (Å²) in [6, 6.07) is 5.48. The second-order valence-electron chi connectivity index (χ2n) is 10.1. The van der Waals surface area contributed by atoms with Crippen molar-refractivity contribution in [2.45, 2.75) is 71.6 Å². The highest BCUT2D eigenvalue weighted by atomic mass is 16.5. The Balaban J connectivity index is 2.45. The smallest absolute Gasteiger partial charge is 0.258 e. The van der Waals surface area contributed by atoms with E-state index in [2.05, 4.69) is 32.7 Å². The predicted octanol–water partition coefficient (Wildman–Crippen LogP) is 3.89. The van der Waals surface area contributed by atoms with Gasteiger partial charge in [0, 0.05) is 45.4 Å². The molecule has 7 nitrogen and oxygen atoms in total. The average Bonchev–Trinajstić information content (AvgIpc) is 2.80. The van der Waals surface area contributed by atoms with Crippen LogP contribution < -0.4 is 9.64 Å². The lowest BCUT2D eigenvalue weighted by atomic mass is 10.0. The number of fused-ring (bicyclic) bond motifs is 1. The van der Waals surface area contributed by atoms with Crippen LogP contribution in [-0.2, 0) is 4.74 Å². The van der Waals surface area contributed by atoms with E-state index in [0.717, 1.165) is 44.5 Å². The maximum absolute atomic E-state index is 13.9. The molecule has 4 atom stereocenters. The summed E-state index contributed by atoms with van der Waals surface area (Å²) in [5.74, 6) is 0.607. The molecular weight excluding hydrogens is 430 g/mol. The van der Waals surface area contributed by atoms with Crippen molar-refractivity contribution in [1.29, 1.82) is 0 Å². The van der Waals surface area contributed by atoms with Crippen LogP contribution in [0.25, 0.3) is 0 Å². The van der Waals surface area contributed by atoms with Crippen LogP contribution in [0.4, 0.5) is 5.69 Å². The van der Waals surface area contributed by atoms with Crippen molar-refractivity contribution >= 4 is 11.6 Å². The quantitative estimate of drug-likeness (QED) is 0.643. The Kier molecular flexibility index (Phi) is 11.6. The highest BCUT2D eigenvalue weighted by Gasteiger charge is 2.30. The van der Waals surface area contributed by atoms with Crippen LogP contribution in [0.2, 0.25) is 0 Å². The fourth-order valence-corrected chi connectivity index (χ4v) is 4.43. The van der Waals surface area contributed by atoms with Gasteiger partial charge in [0.05, 0.1) is 30.4 Å². The lowest BCUT2D eigenvalue weighted by Crippen LogP contribution is -2.47. The van der Waals surface area contributed by atoms with Gasteiger partial charge in [0.2, 0.25) is 0 Å². The highest BCUT2D eigenvalue weighted by molar-refractivity contribution is 5.98. The minimum absolute atomic E-state index is 0.00572. The third-order valence-corrected chi connectivity index (χ3v) is 6.65. The molecule has 0 aliphatic carbocycles. The summed E-state index contributed by atoms with van der Waals surface area (Å²) >= 11 is 0. The molecule has 1 aliphatic rings. The molecule has 1 aliphatic heterocycles. The van der Waals surface area contributed by atoms with E-state index < -0.39 is 0 Å². The van der Waals surface area contributed by atoms with Crippen molar-refractivity contribution in [3.63, 3.8) is 0 Å². The van der Waals surface area contributed by atoms with E-state index in [-0.39, 0.29) is 36.7 Å². The van der Waals surface area contributed by atoms with Gasteiger partial charge in [-0.25, -0.2) is 0 Å². The molecule has 0 unspecified atom stereocenters. The molecule has 1 aromatic rings. The maximum atomic E-state index is 13.9. The van der Waals surface area contributed by atoms with Gasteiger partial charge in [-0.05, 0) is 71.3 Å². The molecule has 7 heteroatoms. The van der Waals surface area contributed by atoms with Crippen molar-refractivity contribution in [2.24, 2.45) is 5.92 Å². The Morgan fingerprint density at radius 3 is 2.59 bits per heavy atom. The van der Waals surface area contributed by atoms with E-state index >= 15 is 0 Å². The molecule has 0 spiro atoms. The summed E-state index contributed by atoms with van der Waals surface area (Å²) in [4.78, 5) is 20.0. The minimum atomic E-state index is -0.315. The number of likely N-dealkylation sites (N-methyl/N-ethyl adjacent to an activating group) is 1. The van der Waals surface area contributed by atoms with Crippen LogP contribution in [-0.4, -0.2) is 93.1 Å². The summed E-state index contributed by atoms with van der Waals surface area (Å²) in [6.45, 7) is 11.2. The number of aliphatic hydroxyl groups is 1. The maximum Gasteiger partial charge on any atom is 0.258 e. The van der Waals surface area contributed by atoms with Crippen LogP contribution in [0, 0.1) is 5.92 Å². The van der Waals surface area contributed by atoms with Crippen LogP contribution in [0.1, 0.15) is 63.7 Å². The lowest BCUT2D eigenvalue weighted by molar-refractivity contribution is -0.0167. The number of anilines is 1. The van der Waals surface area contributed by atoms with Crippen LogP contribution in [0.5, 0.6) is 5.75 Å². The van der Waals surface area contributed by atoms with Crippen LogP contribution >= 0.6 is 0 Å². The Labute approximate surface area is 207 Å². The van der Waals surface area contributed by atoms with Gasteiger partial charge in [-0.1, -0.05) is 13.8 Å². The van der Waals surface area contributed by atoms with Crippen LogP contribution in [0.15, 0.2) is 18.2 Å². The molecule has 2 rings (SSSR count). The van der Waals surface area contributed by atoms with Crippen molar-refractivity contribution in [3.8, 4) is 5.75 Å². The van der Waals surface area contributed by atoms with Crippen molar-refractivity contribution in [3.05, 3.63) is 23.8 Å². The Morgan fingerprint density at radius 2 is 1.94 bits per heavy atom. The normalized spacial score (nSPS) is 23.7. The van der Waals surface area contributed by atoms with Gasteiger partial charge in [0.1, 0.15) is 5.75 Å². The van der Waals surface area contributed by atoms with Gasteiger partial charge in [-0.15, -0.1) is 0 Å². The molecule has 0 saturated heterocycles. The summed E-state index contributed by atoms with van der Waals surface area (Å²) < 4.78 is 12.6. The number of ether oxygens (including phenoxy) is 2. The number of aliphatic hydroxyl groups excluding tert-OH is 1. The fraction of sp³-hybridized carbons (Fsp3) is 0.741. The summed E-state index contributed by atoms with van der Waals surface area (Å²) in [6.07, 6.45) is 4.00. The third kappa shape index (κ3) is 8.14. The zero-order chi connectivity index (χ0) is 25.3. The molecule has 34 heavy (non-hydrogen) atoms. The van der Waals surface area contributed by atoms with E-state index in [0.29, 0.717) is 24.5 Å². The SMILES string of the molecule is CCCN(C)C[C@@H]1OCCCC[C@@H](C)Oc2ccc(N(C)C)cc2C(=O)N([C@@H](C)CO)C[C@@H]1C. The first-order valence-electron chi connectivity index (χ1n) is 12.9. The summed E-state index contributed by atoms with van der Waals surface area (Å²) in [5, 5.41) is 10.0. The summed E-state index contributed by atoms with van der Waals surface area (Å²) in [7, 11) is 6.05. The van der Waals surface area contributed by atoms with E-state index in [1.165, 1.54) is 0 Å². The Morgan fingerprint density at radius 1 is 1.21 bits per heavy atom. The first-order chi connectivity index (χ1) is 16.2. The molecule has 1 heterocycles. The number of rotatable bonds is 7. The first-order valence-corrected chi connectivity index (χ1v) is 12.9. The van der Waals surface area contributed by atoms with Crippen molar-refractivity contribution in [2.75, 3.05) is 58.9 Å². The molecule has 0 radical (unpaired) electrons. The van der Waals surface area contributed by atoms with Gasteiger partial charge in [-0.2, -0.15) is 0 Å². The van der Waals surface area contributed by atoms with Crippen molar-refractivity contribution in [1.82, 2.24) is 9.80 Å². The van der Waals surface area contributed by atoms with E-state index in [9.17, 15) is 9.90 Å². The monoisotopic (exact) mass is 477 g/mol. The molecule has 194 valence electrons. The van der Waals surface area contributed by atoms with E-state index in [1.54, 1.807) is 4.90 Å². The molecule has 0 bridgehead atoms. The van der Waals surface area contributed by atoms with Crippen molar-refractivity contribution < 1.29 is 19.4 Å². The first kappa shape index (κ1) is 28.4. The van der Waals surface area contributed by atoms with Gasteiger partial charge in [0.25, 0.3) is 5.91 Å².